The molecule has 4 nitrogen and oxygen atoms in total. The van der Waals surface area contributed by atoms with Gasteiger partial charge in [-0.15, -0.1) is 0 Å². The zero-order chi connectivity index (χ0) is 15.8. The number of hydrogen-bond acceptors (Lipinski definition) is 3. The smallest absolute Gasteiger partial charge is 0.237 e. The number of carbonyl (C=O) groups is 2. The maximum atomic E-state index is 12.1. The first-order valence-electron chi connectivity index (χ1n) is 7.28. The van der Waals surface area contributed by atoms with Gasteiger partial charge in [-0.2, -0.15) is 0 Å². The minimum Gasteiger partial charge on any atom is -0.345 e. The summed E-state index contributed by atoms with van der Waals surface area (Å²) in [6.07, 6.45) is 1.66. The van der Waals surface area contributed by atoms with E-state index in [1.807, 2.05) is 60.7 Å². The second-order valence-electron chi connectivity index (χ2n) is 5.24. The Morgan fingerprint density at radius 1 is 0.957 bits per heavy atom. The van der Waals surface area contributed by atoms with Crippen LogP contribution in [0.1, 0.15) is 11.1 Å². The van der Waals surface area contributed by atoms with E-state index in [9.17, 15) is 9.59 Å². The van der Waals surface area contributed by atoms with Gasteiger partial charge in [0.05, 0.1) is 12.1 Å². The summed E-state index contributed by atoms with van der Waals surface area (Å²) in [4.78, 5) is 23.3. The molecule has 0 aliphatic rings. The summed E-state index contributed by atoms with van der Waals surface area (Å²) < 4.78 is 0. The maximum Gasteiger partial charge on any atom is 0.237 e. The predicted molar refractivity (Wildman–Crippen MR) is 86.3 cm³/mol. The fraction of sp³-hybridized carbons (Fsp3) is 0.222. The summed E-state index contributed by atoms with van der Waals surface area (Å²) in [7, 11) is 0. The van der Waals surface area contributed by atoms with Crippen LogP contribution in [0.15, 0.2) is 60.7 Å². The number of nitrogens with two attached hydrogens (primary N) is 1. The SMILES string of the molecule is NC(Cc1ccccc1)C(=O)NC(C=O)Cc1ccccc1.[Mn]. The van der Waals surface area contributed by atoms with E-state index in [1.54, 1.807) is 0 Å². The molecule has 0 aromatic heterocycles. The Labute approximate surface area is 146 Å². The van der Waals surface area contributed by atoms with E-state index in [1.165, 1.54) is 0 Å². The third-order valence-corrected chi connectivity index (χ3v) is 3.43. The van der Waals surface area contributed by atoms with Crippen molar-refractivity contribution in [2.24, 2.45) is 5.73 Å². The normalized spacial score (nSPS) is 12.6. The Kier molecular flexibility index (Phi) is 8.27. The van der Waals surface area contributed by atoms with Gasteiger partial charge in [-0.3, -0.25) is 4.79 Å². The van der Waals surface area contributed by atoms with Crippen LogP contribution in [-0.4, -0.2) is 24.3 Å². The number of benzene rings is 2. The summed E-state index contributed by atoms with van der Waals surface area (Å²) in [5, 5.41) is 2.70. The third kappa shape index (κ3) is 6.37. The van der Waals surface area contributed by atoms with E-state index in [0.717, 1.165) is 17.4 Å². The second-order valence-corrected chi connectivity index (χ2v) is 5.24. The number of rotatable bonds is 7. The molecule has 2 unspecified atom stereocenters. The van der Waals surface area contributed by atoms with Gasteiger partial charge in [0, 0.05) is 17.1 Å². The Morgan fingerprint density at radius 2 is 1.43 bits per heavy atom. The van der Waals surface area contributed by atoms with Gasteiger partial charge in [0.25, 0.3) is 0 Å². The Hall–Kier alpha value is -1.94. The van der Waals surface area contributed by atoms with Gasteiger partial charge < -0.3 is 15.8 Å². The summed E-state index contributed by atoms with van der Waals surface area (Å²) in [5.41, 5.74) is 7.91. The van der Waals surface area contributed by atoms with E-state index >= 15 is 0 Å². The third-order valence-electron chi connectivity index (χ3n) is 3.43. The van der Waals surface area contributed by atoms with Crippen molar-refractivity contribution in [3.8, 4) is 0 Å². The topological polar surface area (TPSA) is 72.2 Å². The van der Waals surface area contributed by atoms with Crippen molar-refractivity contribution < 1.29 is 26.7 Å². The summed E-state index contributed by atoms with van der Waals surface area (Å²) >= 11 is 0. The zero-order valence-electron chi connectivity index (χ0n) is 12.7. The van der Waals surface area contributed by atoms with Crippen molar-refractivity contribution >= 4 is 12.2 Å². The predicted octanol–water partition coefficient (Wildman–Crippen LogP) is 1.48. The molecule has 0 saturated heterocycles. The van der Waals surface area contributed by atoms with E-state index in [4.69, 9.17) is 5.73 Å². The fourth-order valence-electron chi connectivity index (χ4n) is 2.25. The van der Waals surface area contributed by atoms with Crippen LogP contribution in [0.2, 0.25) is 0 Å². The molecular weight excluding hydrogens is 331 g/mol. The summed E-state index contributed by atoms with van der Waals surface area (Å²) in [5.74, 6) is -0.308. The molecule has 2 aromatic carbocycles. The first kappa shape index (κ1) is 19.1. The van der Waals surface area contributed by atoms with Gasteiger partial charge in [-0.1, -0.05) is 60.7 Å². The quantitative estimate of drug-likeness (QED) is 0.586. The molecule has 2 atom stereocenters. The van der Waals surface area contributed by atoms with E-state index in [-0.39, 0.29) is 23.0 Å². The van der Waals surface area contributed by atoms with Crippen molar-refractivity contribution in [3.05, 3.63) is 71.8 Å². The van der Waals surface area contributed by atoms with E-state index < -0.39 is 12.1 Å². The summed E-state index contributed by atoms with van der Waals surface area (Å²) in [6, 6.07) is 17.9. The molecule has 0 fully saturated rings. The molecule has 0 aliphatic heterocycles. The summed E-state index contributed by atoms with van der Waals surface area (Å²) in [6.45, 7) is 0. The average molecular weight is 351 g/mol. The van der Waals surface area contributed by atoms with Crippen LogP contribution in [0, 0.1) is 0 Å². The number of hydrogen-bond donors (Lipinski definition) is 2. The first-order chi connectivity index (χ1) is 10.7. The maximum absolute atomic E-state index is 12.1. The zero-order valence-corrected chi connectivity index (χ0v) is 13.9. The molecule has 23 heavy (non-hydrogen) atoms. The van der Waals surface area contributed by atoms with E-state index in [2.05, 4.69) is 5.32 Å². The molecule has 0 heterocycles. The van der Waals surface area contributed by atoms with Crippen LogP contribution in [0.3, 0.4) is 0 Å². The van der Waals surface area contributed by atoms with Gasteiger partial charge >= 0.3 is 0 Å². The Bertz CT molecular complexity index is 605. The van der Waals surface area contributed by atoms with Crippen molar-refractivity contribution in [1.29, 1.82) is 0 Å². The largest absolute Gasteiger partial charge is 0.345 e. The molecule has 0 spiro atoms. The Balaban J connectivity index is 0.00000264. The Morgan fingerprint density at radius 3 is 1.91 bits per heavy atom. The van der Waals surface area contributed by atoms with Crippen LogP contribution in [0.5, 0.6) is 0 Å². The van der Waals surface area contributed by atoms with Crippen molar-refractivity contribution in [2.75, 3.05) is 0 Å². The van der Waals surface area contributed by atoms with Gasteiger partial charge in [-0.25, -0.2) is 0 Å². The van der Waals surface area contributed by atoms with Gasteiger partial charge in [0.15, 0.2) is 0 Å². The van der Waals surface area contributed by atoms with Crippen LogP contribution >= 0.6 is 0 Å². The van der Waals surface area contributed by atoms with Crippen molar-refractivity contribution in [3.63, 3.8) is 0 Å². The van der Waals surface area contributed by atoms with Crippen LogP contribution in [0.4, 0.5) is 0 Å². The first-order valence-corrected chi connectivity index (χ1v) is 7.28. The van der Waals surface area contributed by atoms with E-state index in [0.29, 0.717) is 12.8 Å². The van der Waals surface area contributed by atoms with Gasteiger partial charge in [-0.05, 0) is 24.0 Å². The number of nitrogens with one attached hydrogen (secondary N) is 1. The van der Waals surface area contributed by atoms with Crippen LogP contribution in [-0.2, 0) is 39.5 Å². The molecule has 2 rings (SSSR count). The molecule has 5 heteroatoms. The molecule has 0 aliphatic carbocycles. The van der Waals surface area contributed by atoms with Gasteiger partial charge in [0.2, 0.25) is 5.91 Å². The fourth-order valence-corrected chi connectivity index (χ4v) is 2.25. The standard InChI is InChI=1S/C18H20N2O2.Mn/c19-17(12-15-9-5-2-6-10-15)18(22)20-16(13-21)11-14-7-3-1-4-8-14;/h1-10,13,16-17H,11-12,19H2,(H,20,22);. The van der Waals surface area contributed by atoms with Crippen LogP contribution in [0.25, 0.3) is 0 Å². The molecular formula is C18H20MnN2O2. The monoisotopic (exact) mass is 351 g/mol. The van der Waals surface area contributed by atoms with Crippen LogP contribution < -0.4 is 11.1 Å². The molecule has 0 saturated carbocycles. The number of aldehydes is 1. The molecule has 2 aromatic rings. The number of carbonyl (C=O) groups excluding carboxylic acids is 2. The molecule has 1 amide bonds. The van der Waals surface area contributed by atoms with Crippen molar-refractivity contribution in [2.45, 2.75) is 24.9 Å². The second kappa shape index (κ2) is 9.95. The molecule has 121 valence electrons. The van der Waals surface area contributed by atoms with Crippen molar-refractivity contribution in [1.82, 2.24) is 5.32 Å². The number of amides is 1. The molecule has 3 N–H and O–H groups in total. The molecule has 0 bridgehead atoms. The minimum absolute atomic E-state index is 0. The van der Waals surface area contributed by atoms with Gasteiger partial charge in [0.1, 0.15) is 6.29 Å². The molecule has 1 radical (unpaired) electrons. The minimum atomic E-state index is -0.666. The average Bonchev–Trinajstić information content (AvgIpc) is 2.56.